The maximum atomic E-state index is 12.7. The summed E-state index contributed by atoms with van der Waals surface area (Å²) in [4.78, 5) is 18.1. The topological polar surface area (TPSA) is 77.7 Å². The molecule has 1 unspecified atom stereocenters. The molecule has 0 aliphatic carbocycles. The lowest BCUT2D eigenvalue weighted by molar-refractivity contribution is -0.125. The Hall–Kier alpha value is -3.61. The zero-order valence-corrected chi connectivity index (χ0v) is 17.3. The summed E-state index contributed by atoms with van der Waals surface area (Å²) in [6, 6.07) is 17.6. The first-order valence-electron chi connectivity index (χ1n) is 9.81. The number of ether oxygens (including phenoxy) is 1. The monoisotopic (exact) mass is 404 g/mol. The number of carbonyl (C=O) groups is 1. The van der Waals surface area contributed by atoms with Crippen LogP contribution >= 0.6 is 0 Å². The first-order chi connectivity index (χ1) is 14.5. The van der Waals surface area contributed by atoms with Gasteiger partial charge in [0.05, 0.1) is 19.4 Å². The van der Waals surface area contributed by atoms with E-state index in [4.69, 9.17) is 9.57 Å². The number of hydrogen-bond donors (Lipinski definition) is 1. The largest absolute Gasteiger partial charge is 0.496 e. The number of carbonyl (C=O) groups excluding carboxylic acids is 1. The maximum Gasteiger partial charge on any atom is 0.269 e. The molecule has 1 amide bonds. The second-order valence-electron chi connectivity index (χ2n) is 7.28. The third kappa shape index (κ3) is 4.05. The first kappa shape index (κ1) is 19.7. The number of hydrogen-bond acceptors (Lipinski definition) is 5. The third-order valence-electron chi connectivity index (χ3n) is 5.19. The molecule has 0 radical (unpaired) electrons. The molecule has 1 aliphatic rings. The Balaban J connectivity index is 1.41. The Bertz CT molecular complexity index is 1100. The standard InChI is InChI=1S/C23H24N4O3/c1-15-8-4-5-9-17(15)14-27-16(2)12-22(25-27)24-23(28)21-13-19(26-30-21)18-10-6-7-11-20(18)29-3/h4-12,21H,13-14H2,1-3H3,(H,24,25,28). The fourth-order valence-electron chi connectivity index (χ4n) is 3.45. The van der Waals surface area contributed by atoms with Crippen molar-refractivity contribution in [3.63, 3.8) is 0 Å². The van der Waals surface area contributed by atoms with Gasteiger partial charge in [-0.15, -0.1) is 0 Å². The Morgan fingerprint density at radius 3 is 2.77 bits per heavy atom. The van der Waals surface area contributed by atoms with Crippen molar-refractivity contribution in [2.45, 2.75) is 32.9 Å². The van der Waals surface area contributed by atoms with E-state index < -0.39 is 6.10 Å². The summed E-state index contributed by atoms with van der Waals surface area (Å²) in [6.45, 7) is 4.69. The van der Waals surface area contributed by atoms with E-state index >= 15 is 0 Å². The summed E-state index contributed by atoms with van der Waals surface area (Å²) >= 11 is 0. The van der Waals surface area contributed by atoms with Gasteiger partial charge in [-0.25, -0.2) is 0 Å². The van der Waals surface area contributed by atoms with Crippen LogP contribution in [0.15, 0.2) is 59.8 Å². The maximum absolute atomic E-state index is 12.7. The summed E-state index contributed by atoms with van der Waals surface area (Å²) in [7, 11) is 1.61. The van der Waals surface area contributed by atoms with Crippen LogP contribution < -0.4 is 10.1 Å². The number of amides is 1. The van der Waals surface area contributed by atoms with Gasteiger partial charge in [0.25, 0.3) is 5.91 Å². The van der Waals surface area contributed by atoms with Crippen LogP contribution in [0.1, 0.15) is 28.8 Å². The van der Waals surface area contributed by atoms with Crippen LogP contribution in [0, 0.1) is 13.8 Å². The number of rotatable bonds is 6. The second kappa shape index (κ2) is 8.41. The lowest BCUT2D eigenvalue weighted by Crippen LogP contribution is -2.28. The van der Waals surface area contributed by atoms with Gasteiger partial charge in [-0.05, 0) is 37.1 Å². The van der Waals surface area contributed by atoms with Crippen LogP contribution in [0.3, 0.4) is 0 Å². The summed E-state index contributed by atoms with van der Waals surface area (Å²) in [5.41, 5.74) is 4.88. The van der Waals surface area contributed by atoms with Crippen LogP contribution in [0.2, 0.25) is 0 Å². The number of nitrogens with zero attached hydrogens (tertiary/aromatic N) is 3. The van der Waals surface area contributed by atoms with Crippen LogP contribution in [0.5, 0.6) is 5.75 Å². The van der Waals surface area contributed by atoms with Gasteiger partial charge < -0.3 is 14.9 Å². The molecular weight excluding hydrogens is 380 g/mol. The normalized spacial score (nSPS) is 15.4. The molecule has 0 bridgehead atoms. The molecule has 0 fully saturated rings. The van der Waals surface area contributed by atoms with Gasteiger partial charge in [0.2, 0.25) is 6.10 Å². The number of aryl methyl sites for hydroxylation is 2. The predicted octanol–water partition coefficient (Wildman–Crippen LogP) is 3.69. The highest BCUT2D eigenvalue weighted by Crippen LogP contribution is 2.25. The van der Waals surface area contributed by atoms with Gasteiger partial charge in [-0.3, -0.25) is 9.48 Å². The van der Waals surface area contributed by atoms with Crippen LogP contribution in [-0.2, 0) is 16.2 Å². The molecule has 0 spiro atoms. The minimum atomic E-state index is -0.702. The molecule has 154 valence electrons. The van der Waals surface area contributed by atoms with Crippen molar-refractivity contribution in [3.05, 3.63) is 77.0 Å². The van der Waals surface area contributed by atoms with Crippen molar-refractivity contribution in [2.24, 2.45) is 5.16 Å². The number of benzene rings is 2. The Morgan fingerprint density at radius 1 is 1.20 bits per heavy atom. The second-order valence-corrected chi connectivity index (χ2v) is 7.28. The molecule has 1 aliphatic heterocycles. The third-order valence-corrected chi connectivity index (χ3v) is 5.19. The molecule has 7 nitrogen and oxygen atoms in total. The smallest absolute Gasteiger partial charge is 0.269 e. The molecule has 7 heteroatoms. The number of para-hydroxylation sites is 1. The van der Waals surface area contributed by atoms with E-state index in [1.54, 1.807) is 7.11 Å². The quantitative estimate of drug-likeness (QED) is 0.680. The highest BCUT2D eigenvalue weighted by atomic mass is 16.6. The van der Waals surface area contributed by atoms with Crippen molar-refractivity contribution in [1.29, 1.82) is 0 Å². The molecule has 1 aromatic heterocycles. The number of oxime groups is 1. The molecule has 3 aromatic rings. The summed E-state index contributed by atoms with van der Waals surface area (Å²) < 4.78 is 7.25. The van der Waals surface area contributed by atoms with E-state index in [9.17, 15) is 4.79 Å². The molecule has 1 N–H and O–H groups in total. The van der Waals surface area contributed by atoms with Crippen LogP contribution in [0.25, 0.3) is 0 Å². The minimum Gasteiger partial charge on any atom is -0.496 e. The zero-order valence-electron chi connectivity index (χ0n) is 17.3. The zero-order chi connectivity index (χ0) is 21.1. The van der Waals surface area contributed by atoms with Gasteiger partial charge in [-0.1, -0.05) is 41.6 Å². The fourth-order valence-corrected chi connectivity index (χ4v) is 3.45. The molecule has 30 heavy (non-hydrogen) atoms. The number of anilines is 1. The van der Waals surface area contributed by atoms with E-state index in [-0.39, 0.29) is 5.91 Å². The van der Waals surface area contributed by atoms with Crippen molar-refractivity contribution in [2.75, 3.05) is 12.4 Å². The SMILES string of the molecule is COc1ccccc1C1=NOC(C(=O)Nc2cc(C)n(Cc3ccccc3C)n2)C1. The molecule has 2 aromatic carbocycles. The van der Waals surface area contributed by atoms with Gasteiger partial charge in [0.15, 0.2) is 5.82 Å². The summed E-state index contributed by atoms with van der Waals surface area (Å²) in [6.07, 6.45) is -0.332. The molecule has 4 rings (SSSR count). The Labute approximate surface area is 175 Å². The van der Waals surface area contributed by atoms with Gasteiger partial charge in [-0.2, -0.15) is 5.10 Å². The Morgan fingerprint density at radius 2 is 1.97 bits per heavy atom. The average molecular weight is 404 g/mol. The van der Waals surface area contributed by atoms with Crippen molar-refractivity contribution < 1.29 is 14.4 Å². The van der Waals surface area contributed by atoms with Crippen molar-refractivity contribution in [3.8, 4) is 5.75 Å². The van der Waals surface area contributed by atoms with E-state index in [0.29, 0.717) is 30.2 Å². The average Bonchev–Trinajstić information content (AvgIpc) is 3.37. The highest BCUT2D eigenvalue weighted by Gasteiger charge is 2.30. The Kier molecular flexibility index (Phi) is 5.52. The van der Waals surface area contributed by atoms with Gasteiger partial charge in [0, 0.05) is 23.7 Å². The number of nitrogens with one attached hydrogen (secondary N) is 1. The molecule has 0 saturated heterocycles. The molecular formula is C23H24N4O3. The lowest BCUT2D eigenvalue weighted by Gasteiger charge is -2.09. The van der Waals surface area contributed by atoms with Gasteiger partial charge >= 0.3 is 0 Å². The fraction of sp³-hybridized carbons (Fsp3) is 0.261. The van der Waals surface area contributed by atoms with Crippen LogP contribution in [-0.4, -0.2) is 34.6 Å². The van der Waals surface area contributed by atoms with Crippen LogP contribution in [0.4, 0.5) is 5.82 Å². The van der Waals surface area contributed by atoms with Gasteiger partial charge in [0.1, 0.15) is 5.75 Å². The lowest BCUT2D eigenvalue weighted by atomic mass is 10.0. The van der Waals surface area contributed by atoms with E-state index in [2.05, 4.69) is 34.6 Å². The molecule has 0 saturated carbocycles. The van der Waals surface area contributed by atoms with Crippen molar-refractivity contribution >= 4 is 17.4 Å². The number of aromatic nitrogens is 2. The minimum absolute atomic E-state index is 0.274. The molecule has 1 atom stereocenters. The van der Waals surface area contributed by atoms with E-state index in [1.807, 2.05) is 54.1 Å². The number of methoxy groups -OCH3 is 1. The van der Waals surface area contributed by atoms with E-state index in [0.717, 1.165) is 11.3 Å². The van der Waals surface area contributed by atoms with E-state index in [1.165, 1.54) is 11.1 Å². The predicted molar refractivity (Wildman–Crippen MR) is 115 cm³/mol. The summed E-state index contributed by atoms with van der Waals surface area (Å²) in [5.74, 6) is 0.927. The summed E-state index contributed by atoms with van der Waals surface area (Å²) in [5, 5.41) is 11.5. The van der Waals surface area contributed by atoms with Crippen molar-refractivity contribution in [1.82, 2.24) is 9.78 Å². The molecule has 2 heterocycles. The first-order valence-corrected chi connectivity index (χ1v) is 9.81. The highest BCUT2D eigenvalue weighted by molar-refractivity contribution is 6.07.